The fraction of sp³-hybridized carbons (Fsp3) is 0.571. The van der Waals surface area contributed by atoms with Crippen LogP contribution in [0.2, 0.25) is 0 Å². The summed E-state index contributed by atoms with van der Waals surface area (Å²) in [5.41, 5.74) is 1.79. The van der Waals surface area contributed by atoms with Gasteiger partial charge in [-0.25, -0.2) is 12.7 Å². The molecule has 0 unspecified atom stereocenters. The van der Waals surface area contributed by atoms with Gasteiger partial charge in [-0.1, -0.05) is 24.3 Å². The smallest absolute Gasteiger partial charge is 0.218 e. The van der Waals surface area contributed by atoms with Crippen LogP contribution >= 0.6 is 11.6 Å². The minimum atomic E-state index is -3.24. The number of methoxy groups -OCH3 is 1. The number of nitrogens with zero attached hydrogens (tertiary/aromatic N) is 1. The number of ether oxygens (including phenoxy) is 1. The molecule has 0 radical (unpaired) electrons. The molecule has 0 atom stereocenters. The first kappa shape index (κ1) is 15.8. The molecule has 112 valence electrons. The third kappa shape index (κ3) is 3.95. The molecule has 20 heavy (non-hydrogen) atoms. The molecular weight excluding hydrogens is 298 g/mol. The molecule has 1 saturated heterocycles. The van der Waals surface area contributed by atoms with Crippen molar-refractivity contribution in [2.24, 2.45) is 0 Å². The Morgan fingerprint density at radius 1 is 1.20 bits per heavy atom. The molecule has 1 aromatic carbocycles. The molecule has 4 nitrogen and oxygen atoms in total. The van der Waals surface area contributed by atoms with Crippen molar-refractivity contribution >= 4 is 21.6 Å². The van der Waals surface area contributed by atoms with E-state index in [0.29, 0.717) is 19.0 Å². The van der Waals surface area contributed by atoms with Gasteiger partial charge in [0.15, 0.2) is 0 Å². The van der Waals surface area contributed by atoms with Crippen molar-refractivity contribution in [2.75, 3.05) is 20.2 Å². The zero-order chi connectivity index (χ0) is 14.6. The number of piperidine rings is 1. The average Bonchev–Trinajstić information content (AvgIpc) is 2.48. The monoisotopic (exact) mass is 317 g/mol. The third-order valence-electron chi connectivity index (χ3n) is 3.65. The lowest BCUT2D eigenvalue weighted by Crippen LogP contribution is -2.41. The minimum absolute atomic E-state index is 0.0488. The van der Waals surface area contributed by atoms with Gasteiger partial charge in [-0.2, -0.15) is 0 Å². The largest absolute Gasteiger partial charge is 0.381 e. The molecule has 0 aromatic heterocycles. The van der Waals surface area contributed by atoms with E-state index >= 15 is 0 Å². The van der Waals surface area contributed by atoms with E-state index in [2.05, 4.69) is 0 Å². The van der Waals surface area contributed by atoms with Gasteiger partial charge in [-0.3, -0.25) is 0 Å². The lowest BCUT2D eigenvalue weighted by atomic mass is 10.1. The first-order valence-electron chi connectivity index (χ1n) is 6.69. The minimum Gasteiger partial charge on any atom is -0.381 e. The molecule has 0 amide bonds. The molecule has 1 aliphatic rings. The van der Waals surface area contributed by atoms with E-state index in [4.69, 9.17) is 16.3 Å². The van der Waals surface area contributed by atoms with E-state index < -0.39 is 10.0 Å². The molecule has 1 aromatic rings. The molecule has 1 aliphatic heterocycles. The summed E-state index contributed by atoms with van der Waals surface area (Å²) in [5, 5.41) is 0. The van der Waals surface area contributed by atoms with E-state index in [1.165, 1.54) is 0 Å². The second-order valence-electron chi connectivity index (χ2n) is 5.04. The van der Waals surface area contributed by atoms with Gasteiger partial charge in [0, 0.05) is 26.1 Å². The second kappa shape index (κ2) is 6.89. The van der Waals surface area contributed by atoms with Gasteiger partial charge in [0.2, 0.25) is 10.0 Å². The second-order valence-corrected chi connectivity index (χ2v) is 7.28. The lowest BCUT2D eigenvalue weighted by molar-refractivity contribution is 0.0604. The van der Waals surface area contributed by atoms with Crippen LogP contribution < -0.4 is 0 Å². The first-order chi connectivity index (χ1) is 9.55. The highest BCUT2D eigenvalue weighted by Crippen LogP contribution is 2.19. The van der Waals surface area contributed by atoms with Gasteiger partial charge >= 0.3 is 0 Å². The Morgan fingerprint density at radius 3 is 2.25 bits per heavy atom. The van der Waals surface area contributed by atoms with Gasteiger partial charge in [-0.15, -0.1) is 11.6 Å². The molecule has 1 fully saturated rings. The Labute approximate surface area is 125 Å². The molecule has 0 N–H and O–H groups in total. The summed E-state index contributed by atoms with van der Waals surface area (Å²) in [7, 11) is -1.57. The zero-order valence-electron chi connectivity index (χ0n) is 11.6. The Morgan fingerprint density at radius 2 is 1.75 bits per heavy atom. The predicted molar refractivity (Wildman–Crippen MR) is 80.2 cm³/mol. The molecule has 6 heteroatoms. The van der Waals surface area contributed by atoms with Crippen LogP contribution in [0.5, 0.6) is 0 Å². The highest BCUT2D eigenvalue weighted by atomic mass is 35.5. The molecule has 0 spiro atoms. The first-order valence-corrected chi connectivity index (χ1v) is 8.84. The van der Waals surface area contributed by atoms with E-state index in [0.717, 1.165) is 24.0 Å². The zero-order valence-corrected chi connectivity index (χ0v) is 13.2. The van der Waals surface area contributed by atoms with E-state index in [1.54, 1.807) is 11.4 Å². The number of rotatable bonds is 5. The summed E-state index contributed by atoms with van der Waals surface area (Å²) in [6, 6.07) is 7.40. The van der Waals surface area contributed by atoms with Crippen molar-refractivity contribution in [3.63, 3.8) is 0 Å². The van der Waals surface area contributed by atoms with Crippen molar-refractivity contribution in [1.82, 2.24) is 4.31 Å². The number of halogens is 1. The van der Waals surface area contributed by atoms with Crippen molar-refractivity contribution < 1.29 is 13.2 Å². The van der Waals surface area contributed by atoms with Crippen LogP contribution in [0.4, 0.5) is 0 Å². The Kier molecular flexibility index (Phi) is 5.43. The molecule has 1 heterocycles. The molecule has 0 saturated carbocycles. The van der Waals surface area contributed by atoms with Crippen molar-refractivity contribution in [2.45, 2.75) is 30.6 Å². The van der Waals surface area contributed by atoms with Gasteiger partial charge in [0.1, 0.15) is 0 Å². The van der Waals surface area contributed by atoms with E-state index in [-0.39, 0.29) is 11.9 Å². The van der Waals surface area contributed by atoms with Crippen LogP contribution in [-0.2, 0) is 26.4 Å². The van der Waals surface area contributed by atoms with Crippen LogP contribution in [0, 0.1) is 0 Å². The maximum Gasteiger partial charge on any atom is 0.218 e. The summed E-state index contributed by atoms with van der Waals surface area (Å²) in [6.45, 7) is 1.08. The van der Waals surface area contributed by atoms with Crippen molar-refractivity contribution in [3.8, 4) is 0 Å². The number of hydrogen-bond acceptors (Lipinski definition) is 3. The van der Waals surface area contributed by atoms with Crippen LogP contribution in [0.1, 0.15) is 24.0 Å². The number of benzene rings is 1. The Hall–Kier alpha value is -0.620. The van der Waals surface area contributed by atoms with Gasteiger partial charge in [-0.05, 0) is 24.0 Å². The normalized spacial score (nSPS) is 18.3. The summed E-state index contributed by atoms with van der Waals surface area (Å²) < 4.78 is 31.6. The summed E-state index contributed by atoms with van der Waals surface area (Å²) in [5.74, 6) is 0.491. The average molecular weight is 318 g/mol. The van der Waals surface area contributed by atoms with Crippen LogP contribution in [0.25, 0.3) is 0 Å². The third-order valence-corrected chi connectivity index (χ3v) is 5.81. The Balaban J connectivity index is 2.00. The van der Waals surface area contributed by atoms with Crippen LogP contribution in [0.15, 0.2) is 24.3 Å². The standard InChI is InChI=1S/C14H20ClNO3S/c1-19-14-6-8-16(9-7-14)20(17,18)11-13-4-2-12(10-15)3-5-13/h2-5,14H,6-11H2,1H3. The van der Waals surface area contributed by atoms with Gasteiger partial charge in [0.25, 0.3) is 0 Å². The Bertz CT molecular complexity index is 522. The van der Waals surface area contributed by atoms with Crippen LogP contribution in [0.3, 0.4) is 0 Å². The van der Waals surface area contributed by atoms with Crippen molar-refractivity contribution in [3.05, 3.63) is 35.4 Å². The molecule has 0 aliphatic carbocycles. The fourth-order valence-electron chi connectivity index (χ4n) is 2.37. The molecule has 2 rings (SSSR count). The summed E-state index contributed by atoms with van der Waals surface area (Å²) in [4.78, 5) is 0. The predicted octanol–water partition coefficient (Wildman–Crippen LogP) is 2.37. The van der Waals surface area contributed by atoms with Crippen molar-refractivity contribution in [1.29, 1.82) is 0 Å². The number of hydrogen-bond donors (Lipinski definition) is 0. The van der Waals surface area contributed by atoms with Gasteiger partial charge in [0.05, 0.1) is 11.9 Å². The van der Waals surface area contributed by atoms with E-state index in [1.807, 2.05) is 24.3 Å². The highest BCUT2D eigenvalue weighted by Gasteiger charge is 2.27. The number of sulfonamides is 1. The quantitative estimate of drug-likeness (QED) is 0.783. The highest BCUT2D eigenvalue weighted by molar-refractivity contribution is 7.88. The lowest BCUT2D eigenvalue weighted by Gasteiger charge is -2.30. The molecular formula is C14H20ClNO3S. The maximum atomic E-state index is 12.4. The maximum absolute atomic E-state index is 12.4. The summed E-state index contributed by atoms with van der Waals surface area (Å²) >= 11 is 5.72. The van der Waals surface area contributed by atoms with Gasteiger partial charge < -0.3 is 4.74 Å². The fourth-order valence-corrected chi connectivity index (χ4v) is 4.11. The number of alkyl halides is 1. The van der Waals surface area contributed by atoms with Crippen LogP contribution in [-0.4, -0.2) is 39.0 Å². The molecule has 0 bridgehead atoms. The summed E-state index contributed by atoms with van der Waals surface area (Å²) in [6.07, 6.45) is 1.71. The SMILES string of the molecule is COC1CCN(S(=O)(=O)Cc2ccc(CCl)cc2)CC1. The topological polar surface area (TPSA) is 46.6 Å². The van der Waals surface area contributed by atoms with E-state index in [9.17, 15) is 8.42 Å².